The van der Waals surface area contributed by atoms with Gasteiger partial charge in [0.25, 0.3) is 5.91 Å². The van der Waals surface area contributed by atoms with Crippen LogP contribution in [0.2, 0.25) is 0 Å². The van der Waals surface area contributed by atoms with E-state index in [-0.39, 0.29) is 17.5 Å². The number of hydrogen-bond acceptors (Lipinski definition) is 2. The van der Waals surface area contributed by atoms with E-state index < -0.39 is 0 Å². The number of halogens is 2. The van der Waals surface area contributed by atoms with Crippen molar-refractivity contribution in [2.75, 3.05) is 5.32 Å². The van der Waals surface area contributed by atoms with Crippen LogP contribution in [0.3, 0.4) is 0 Å². The number of nitrogens with one attached hydrogen (secondary N) is 1. The van der Waals surface area contributed by atoms with Crippen molar-refractivity contribution in [1.29, 1.82) is 0 Å². The topological polar surface area (TPSA) is 42.2 Å². The zero-order valence-corrected chi connectivity index (χ0v) is 12.9. The van der Waals surface area contributed by atoms with E-state index in [9.17, 15) is 9.18 Å². The lowest BCUT2D eigenvalue weighted by atomic mass is 10.2. The van der Waals surface area contributed by atoms with Gasteiger partial charge in [-0.3, -0.25) is 4.79 Å². The average molecular weight is 360 g/mol. The summed E-state index contributed by atoms with van der Waals surface area (Å²) in [5.41, 5.74) is 1.39. The summed E-state index contributed by atoms with van der Waals surface area (Å²) in [4.78, 5) is 12.1. The maximum absolute atomic E-state index is 12.8. The van der Waals surface area contributed by atoms with E-state index in [1.165, 1.54) is 24.3 Å². The lowest BCUT2D eigenvalue weighted by Crippen LogP contribution is -2.10. The Hall–Kier alpha value is -2.40. The second-order valence-electron chi connectivity index (χ2n) is 4.63. The molecule has 3 rings (SSSR count). The van der Waals surface area contributed by atoms with Crippen LogP contribution < -0.4 is 5.32 Å². The van der Waals surface area contributed by atoms with Gasteiger partial charge in [0.15, 0.2) is 5.76 Å². The molecule has 0 spiro atoms. The molecule has 0 aliphatic carbocycles. The second-order valence-corrected chi connectivity index (χ2v) is 5.55. The number of carbonyl (C=O) groups excluding carboxylic acids is 1. The molecule has 0 aliphatic heterocycles. The van der Waals surface area contributed by atoms with Crippen LogP contribution in [-0.4, -0.2) is 5.91 Å². The number of benzene rings is 2. The molecule has 1 aromatic heterocycles. The van der Waals surface area contributed by atoms with Gasteiger partial charge in [0.2, 0.25) is 0 Å². The molecule has 0 radical (unpaired) electrons. The largest absolute Gasteiger partial charge is 0.451 e. The first kappa shape index (κ1) is 14.5. The zero-order valence-electron chi connectivity index (χ0n) is 11.3. The Bertz CT molecular complexity index is 794. The molecule has 5 heteroatoms. The summed E-state index contributed by atoms with van der Waals surface area (Å²) in [5, 5.41) is 2.65. The highest BCUT2D eigenvalue weighted by Crippen LogP contribution is 2.24. The van der Waals surface area contributed by atoms with E-state index in [4.69, 9.17) is 4.42 Å². The maximum Gasteiger partial charge on any atom is 0.291 e. The number of furan rings is 1. The lowest BCUT2D eigenvalue weighted by Gasteiger charge is -2.02. The van der Waals surface area contributed by atoms with Crippen molar-refractivity contribution in [2.45, 2.75) is 0 Å². The average Bonchev–Trinajstić information content (AvgIpc) is 3.00. The van der Waals surface area contributed by atoms with Crippen LogP contribution in [0.1, 0.15) is 10.6 Å². The molecular weight excluding hydrogens is 349 g/mol. The van der Waals surface area contributed by atoms with E-state index in [1.54, 1.807) is 12.1 Å². The Kier molecular flexibility index (Phi) is 4.06. The Labute approximate surface area is 134 Å². The van der Waals surface area contributed by atoms with Crippen LogP contribution in [0.5, 0.6) is 0 Å². The van der Waals surface area contributed by atoms with Crippen molar-refractivity contribution < 1.29 is 13.6 Å². The molecule has 3 nitrogen and oxygen atoms in total. The van der Waals surface area contributed by atoms with Crippen molar-refractivity contribution in [1.82, 2.24) is 0 Å². The third-order valence-electron chi connectivity index (χ3n) is 3.06. The van der Waals surface area contributed by atoms with Crippen LogP contribution in [0, 0.1) is 5.82 Å². The fourth-order valence-electron chi connectivity index (χ4n) is 1.96. The first-order valence-electron chi connectivity index (χ1n) is 6.54. The van der Waals surface area contributed by atoms with Crippen LogP contribution in [0.15, 0.2) is 69.6 Å². The van der Waals surface area contributed by atoms with E-state index in [1.807, 2.05) is 24.3 Å². The standard InChI is InChI=1S/C17H11BrFNO2/c18-12-3-1-11(2-4-12)15-9-10-16(22-15)17(21)20-14-7-5-13(19)6-8-14/h1-10H,(H,20,21). The van der Waals surface area contributed by atoms with Gasteiger partial charge >= 0.3 is 0 Å². The fraction of sp³-hybridized carbons (Fsp3) is 0. The molecule has 0 atom stereocenters. The first-order valence-corrected chi connectivity index (χ1v) is 7.34. The quantitative estimate of drug-likeness (QED) is 0.706. The minimum Gasteiger partial charge on any atom is -0.451 e. The minimum atomic E-state index is -0.380. The normalized spacial score (nSPS) is 10.5. The van der Waals surface area contributed by atoms with Crippen LogP contribution >= 0.6 is 15.9 Å². The number of carbonyl (C=O) groups is 1. The molecule has 0 saturated carbocycles. The number of anilines is 1. The summed E-state index contributed by atoms with van der Waals surface area (Å²) in [6.07, 6.45) is 0. The molecule has 2 aromatic carbocycles. The van der Waals surface area contributed by atoms with Gasteiger partial charge in [-0.15, -0.1) is 0 Å². The molecule has 22 heavy (non-hydrogen) atoms. The molecule has 1 heterocycles. The van der Waals surface area contributed by atoms with Gasteiger partial charge < -0.3 is 9.73 Å². The SMILES string of the molecule is O=C(Nc1ccc(F)cc1)c1ccc(-c2ccc(Br)cc2)o1. The predicted octanol–water partition coefficient (Wildman–Crippen LogP) is 5.10. The van der Waals surface area contributed by atoms with E-state index in [0.29, 0.717) is 11.4 Å². The lowest BCUT2D eigenvalue weighted by molar-refractivity contribution is 0.0997. The highest BCUT2D eigenvalue weighted by atomic mass is 79.9. The Morgan fingerprint density at radius 2 is 1.64 bits per heavy atom. The molecule has 3 aromatic rings. The smallest absolute Gasteiger partial charge is 0.291 e. The number of hydrogen-bond donors (Lipinski definition) is 1. The Morgan fingerprint density at radius 3 is 2.32 bits per heavy atom. The van der Waals surface area contributed by atoms with Gasteiger partial charge in [-0.1, -0.05) is 28.1 Å². The maximum atomic E-state index is 12.8. The van der Waals surface area contributed by atoms with E-state index in [0.717, 1.165) is 10.0 Å². The van der Waals surface area contributed by atoms with Crippen LogP contribution in [0.25, 0.3) is 11.3 Å². The summed E-state index contributed by atoms with van der Waals surface area (Å²) in [6, 6.07) is 16.5. The Balaban J connectivity index is 1.76. The summed E-state index contributed by atoms with van der Waals surface area (Å²) in [7, 11) is 0. The summed E-state index contributed by atoms with van der Waals surface area (Å²) in [6.45, 7) is 0. The molecule has 0 saturated heterocycles. The molecule has 0 unspecified atom stereocenters. The molecule has 1 N–H and O–H groups in total. The van der Waals surface area contributed by atoms with E-state index >= 15 is 0 Å². The first-order chi connectivity index (χ1) is 10.6. The van der Waals surface area contributed by atoms with Crippen molar-refractivity contribution in [3.63, 3.8) is 0 Å². The van der Waals surface area contributed by atoms with Gasteiger partial charge in [0.05, 0.1) is 0 Å². The third-order valence-corrected chi connectivity index (χ3v) is 3.59. The zero-order chi connectivity index (χ0) is 15.5. The molecule has 110 valence electrons. The van der Waals surface area contributed by atoms with Crippen molar-refractivity contribution in [3.8, 4) is 11.3 Å². The summed E-state index contributed by atoms with van der Waals surface area (Å²) < 4.78 is 19.4. The van der Waals surface area contributed by atoms with Gasteiger partial charge in [-0.25, -0.2) is 4.39 Å². The van der Waals surface area contributed by atoms with Crippen LogP contribution in [-0.2, 0) is 0 Å². The van der Waals surface area contributed by atoms with Crippen molar-refractivity contribution in [2.24, 2.45) is 0 Å². The van der Waals surface area contributed by atoms with Crippen molar-refractivity contribution in [3.05, 3.63) is 76.7 Å². The van der Waals surface area contributed by atoms with Gasteiger partial charge in [-0.2, -0.15) is 0 Å². The number of rotatable bonds is 3. The Morgan fingerprint density at radius 1 is 0.955 bits per heavy atom. The van der Waals surface area contributed by atoms with Crippen molar-refractivity contribution >= 4 is 27.5 Å². The molecular formula is C17H11BrFNO2. The monoisotopic (exact) mass is 359 g/mol. The van der Waals surface area contributed by atoms with Gasteiger partial charge in [0, 0.05) is 15.7 Å². The summed E-state index contributed by atoms with van der Waals surface area (Å²) >= 11 is 3.37. The third kappa shape index (κ3) is 3.26. The molecule has 0 fully saturated rings. The molecule has 0 bridgehead atoms. The molecule has 0 aliphatic rings. The van der Waals surface area contributed by atoms with E-state index in [2.05, 4.69) is 21.2 Å². The predicted molar refractivity (Wildman–Crippen MR) is 86.2 cm³/mol. The van der Waals surface area contributed by atoms with Crippen LogP contribution in [0.4, 0.5) is 10.1 Å². The second kappa shape index (κ2) is 6.15. The van der Waals surface area contributed by atoms with Gasteiger partial charge in [-0.05, 0) is 48.5 Å². The highest BCUT2D eigenvalue weighted by molar-refractivity contribution is 9.10. The van der Waals surface area contributed by atoms with Gasteiger partial charge in [0.1, 0.15) is 11.6 Å². The summed E-state index contributed by atoms with van der Waals surface area (Å²) in [5.74, 6) is 0.0718. The fourth-order valence-corrected chi connectivity index (χ4v) is 2.22. The minimum absolute atomic E-state index is 0.197. The number of amides is 1. The molecule has 1 amide bonds. The highest BCUT2D eigenvalue weighted by Gasteiger charge is 2.12.